The lowest BCUT2D eigenvalue weighted by molar-refractivity contribution is -0.115. The molecule has 0 saturated heterocycles. The molecular formula is C21H21Cl2N3OS. The fourth-order valence-corrected chi connectivity index (χ4v) is 4.41. The molecule has 1 amide bonds. The van der Waals surface area contributed by atoms with Crippen molar-refractivity contribution in [2.75, 3.05) is 11.1 Å². The number of carbonyl (C=O) groups is 1. The fourth-order valence-electron chi connectivity index (χ4n) is 3.20. The molecule has 3 rings (SSSR count). The maximum Gasteiger partial charge on any atom is 0.225 e. The van der Waals surface area contributed by atoms with Crippen LogP contribution in [-0.4, -0.2) is 16.6 Å². The van der Waals surface area contributed by atoms with E-state index in [1.54, 1.807) is 18.2 Å². The van der Waals surface area contributed by atoms with Crippen LogP contribution in [0, 0.1) is 11.3 Å². The second-order valence-electron chi connectivity index (χ2n) is 6.75. The highest BCUT2D eigenvalue weighted by Gasteiger charge is 2.14. The molecule has 28 heavy (non-hydrogen) atoms. The van der Waals surface area contributed by atoms with Crippen molar-refractivity contribution in [1.82, 2.24) is 4.98 Å². The zero-order valence-electron chi connectivity index (χ0n) is 15.4. The summed E-state index contributed by atoms with van der Waals surface area (Å²) in [4.78, 5) is 16.9. The van der Waals surface area contributed by atoms with Crippen LogP contribution in [-0.2, 0) is 17.6 Å². The minimum absolute atomic E-state index is 0.115. The van der Waals surface area contributed by atoms with Crippen molar-refractivity contribution >= 4 is 46.6 Å². The Bertz CT molecular complexity index is 911. The van der Waals surface area contributed by atoms with Gasteiger partial charge in [0.05, 0.1) is 15.6 Å². The number of nitriles is 1. The number of halogens is 2. The number of carbonyl (C=O) groups excluding carboxylic acids is 1. The summed E-state index contributed by atoms with van der Waals surface area (Å²) in [7, 11) is 0. The van der Waals surface area contributed by atoms with Crippen molar-refractivity contribution in [3.8, 4) is 6.07 Å². The van der Waals surface area contributed by atoms with Crippen LogP contribution in [0.4, 0.5) is 5.69 Å². The predicted octanol–water partition coefficient (Wildman–Crippen LogP) is 6.04. The van der Waals surface area contributed by atoms with E-state index in [0.717, 1.165) is 36.4 Å². The Morgan fingerprint density at radius 1 is 1.14 bits per heavy atom. The van der Waals surface area contributed by atoms with E-state index in [-0.39, 0.29) is 5.91 Å². The van der Waals surface area contributed by atoms with Crippen LogP contribution in [0.2, 0.25) is 10.0 Å². The van der Waals surface area contributed by atoms with Crippen molar-refractivity contribution < 1.29 is 4.79 Å². The number of aromatic nitrogens is 1. The van der Waals surface area contributed by atoms with Crippen molar-refractivity contribution in [2.24, 2.45) is 0 Å². The normalized spacial score (nSPS) is 13.8. The van der Waals surface area contributed by atoms with Gasteiger partial charge in [0.2, 0.25) is 5.91 Å². The summed E-state index contributed by atoms with van der Waals surface area (Å²) in [6.45, 7) is 0. The van der Waals surface area contributed by atoms with Crippen molar-refractivity contribution in [1.29, 1.82) is 5.26 Å². The van der Waals surface area contributed by atoms with Crippen LogP contribution in [0.15, 0.2) is 29.3 Å². The molecule has 7 heteroatoms. The van der Waals surface area contributed by atoms with E-state index in [1.807, 2.05) is 6.07 Å². The molecule has 1 aliphatic rings. The molecule has 1 aliphatic carbocycles. The zero-order chi connectivity index (χ0) is 19.9. The minimum atomic E-state index is -0.115. The predicted molar refractivity (Wildman–Crippen MR) is 115 cm³/mol. The van der Waals surface area contributed by atoms with Gasteiger partial charge < -0.3 is 5.32 Å². The van der Waals surface area contributed by atoms with E-state index in [2.05, 4.69) is 11.4 Å². The Kier molecular flexibility index (Phi) is 7.61. The van der Waals surface area contributed by atoms with Crippen LogP contribution >= 0.6 is 35.0 Å². The summed E-state index contributed by atoms with van der Waals surface area (Å²) in [6, 6.07) is 9.24. The number of amides is 1. The summed E-state index contributed by atoms with van der Waals surface area (Å²) in [6.07, 6.45) is 7.04. The number of hydrogen-bond donors (Lipinski definition) is 1. The number of pyridine rings is 1. The molecule has 0 fully saturated rings. The highest BCUT2D eigenvalue weighted by Crippen LogP contribution is 2.28. The van der Waals surface area contributed by atoms with E-state index in [1.165, 1.54) is 30.2 Å². The standard InChI is InChI=1S/C21H21Cl2N3OS/c22-17-8-7-16(12-18(17)23)25-20(27)9-10-28-21-15(13-24)11-14-5-3-1-2-4-6-19(14)26-21/h7-8,11-12H,1-6,9-10H2,(H,25,27). The van der Waals surface area contributed by atoms with Gasteiger partial charge in [0.25, 0.3) is 0 Å². The highest BCUT2D eigenvalue weighted by atomic mass is 35.5. The van der Waals surface area contributed by atoms with Gasteiger partial charge in [0.15, 0.2) is 0 Å². The molecule has 4 nitrogen and oxygen atoms in total. The summed E-state index contributed by atoms with van der Waals surface area (Å²) in [5.41, 5.74) is 3.54. The molecule has 1 aromatic heterocycles. The molecule has 0 aliphatic heterocycles. The lowest BCUT2D eigenvalue weighted by atomic mass is 9.96. The van der Waals surface area contributed by atoms with E-state index in [9.17, 15) is 10.1 Å². The van der Waals surface area contributed by atoms with Crippen molar-refractivity contribution in [2.45, 2.75) is 50.0 Å². The maximum absolute atomic E-state index is 12.2. The van der Waals surface area contributed by atoms with Gasteiger partial charge >= 0.3 is 0 Å². The number of anilines is 1. The lowest BCUT2D eigenvalue weighted by Gasteiger charge is -2.15. The van der Waals surface area contributed by atoms with Gasteiger partial charge in [-0.3, -0.25) is 4.79 Å². The van der Waals surface area contributed by atoms with Gasteiger partial charge in [-0.2, -0.15) is 5.26 Å². The van der Waals surface area contributed by atoms with Crippen molar-refractivity contribution in [3.05, 3.63) is 51.1 Å². The monoisotopic (exact) mass is 433 g/mol. The topological polar surface area (TPSA) is 65.8 Å². The number of hydrogen-bond acceptors (Lipinski definition) is 4. The Hall–Kier alpha value is -1.74. The Morgan fingerprint density at radius 3 is 2.68 bits per heavy atom. The largest absolute Gasteiger partial charge is 0.326 e. The van der Waals surface area contributed by atoms with Crippen LogP contribution < -0.4 is 5.32 Å². The second-order valence-corrected chi connectivity index (χ2v) is 8.65. The first-order valence-corrected chi connectivity index (χ1v) is 11.1. The quantitative estimate of drug-likeness (QED) is 0.583. The lowest BCUT2D eigenvalue weighted by Crippen LogP contribution is -2.12. The first-order chi connectivity index (χ1) is 13.6. The van der Waals surface area contributed by atoms with Gasteiger partial charge in [-0.15, -0.1) is 11.8 Å². The van der Waals surface area contributed by atoms with Crippen LogP contribution in [0.25, 0.3) is 0 Å². The summed E-state index contributed by atoms with van der Waals surface area (Å²) < 4.78 is 0. The molecule has 0 radical (unpaired) electrons. The molecule has 0 bridgehead atoms. The Morgan fingerprint density at radius 2 is 1.93 bits per heavy atom. The highest BCUT2D eigenvalue weighted by molar-refractivity contribution is 7.99. The smallest absolute Gasteiger partial charge is 0.225 e. The van der Waals surface area contributed by atoms with E-state index < -0.39 is 0 Å². The average molecular weight is 434 g/mol. The van der Waals surface area contributed by atoms with Gasteiger partial charge in [0, 0.05) is 23.6 Å². The van der Waals surface area contributed by atoms with Crippen LogP contribution in [0.5, 0.6) is 0 Å². The Labute approximate surface area is 179 Å². The first kappa shape index (κ1) is 21.0. The SMILES string of the molecule is N#Cc1cc2c(nc1SCCC(=O)Nc1ccc(Cl)c(Cl)c1)CCCCCC2. The molecule has 0 saturated carbocycles. The van der Waals surface area contributed by atoms with Gasteiger partial charge in [0.1, 0.15) is 11.1 Å². The zero-order valence-corrected chi connectivity index (χ0v) is 17.8. The molecule has 2 aromatic rings. The molecule has 0 unspecified atom stereocenters. The van der Waals surface area contributed by atoms with E-state index in [4.69, 9.17) is 28.2 Å². The molecule has 146 valence electrons. The van der Waals surface area contributed by atoms with E-state index >= 15 is 0 Å². The molecule has 0 atom stereocenters. The number of fused-ring (bicyclic) bond motifs is 1. The Balaban J connectivity index is 1.60. The second kappa shape index (κ2) is 10.2. The fraction of sp³-hybridized carbons (Fsp3) is 0.381. The molecule has 0 spiro atoms. The molecule has 1 heterocycles. The number of nitrogens with zero attached hydrogens (tertiary/aromatic N) is 2. The molecular weight excluding hydrogens is 413 g/mol. The number of thioether (sulfide) groups is 1. The summed E-state index contributed by atoms with van der Waals surface area (Å²) in [5.74, 6) is 0.434. The average Bonchev–Trinajstić information content (AvgIpc) is 2.65. The summed E-state index contributed by atoms with van der Waals surface area (Å²) >= 11 is 13.3. The minimum Gasteiger partial charge on any atom is -0.326 e. The first-order valence-electron chi connectivity index (χ1n) is 9.37. The molecule has 1 N–H and O–H groups in total. The number of benzene rings is 1. The van der Waals surface area contributed by atoms with Crippen LogP contribution in [0.1, 0.15) is 48.9 Å². The number of aryl methyl sites for hydroxylation is 2. The van der Waals surface area contributed by atoms with Gasteiger partial charge in [-0.05, 0) is 55.5 Å². The third-order valence-corrected chi connectivity index (χ3v) is 6.39. The number of rotatable bonds is 5. The van der Waals surface area contributed by atoms with Gasteiger partial charge in [-0.1, -0.05) is 36.0 Å². The van der Waals surface area contributed by atoms with Crippen molar-refractivity contribution in [3.63, 3.8) is 0 Å². The summed E-state index contributed by atoms with van der Waals surface area (Å²) in [5, 5.41) is 13.9. The van der Waals surface area contributed by atoms with E-state index in [0.29, 0.717) is 33.5 Å². The third-order valence-electron chi connectivity index (χ3n) is 4.66. The molecule has 1 aromatic carbocycles. The van der Waals surface area contributed by atoms with Crippen LogP contribution in [0.3, 0.4) is 0 Å². The third kappa shape index (κ3) is 5.64. The maximum atomic E-state index is 12.2. The number of nitrogens with one attached hydrogen (secondary N) is 1. The van der Waals surface area contributed by atoms with Gasteiger partial charge in [-0.25, -0.2) is 4.98 Å².